The summed E-state index contributed by atoms with van der Waals surface area (Å²) in [6.07, 6.45) is -0.158. The van der Waals surface area contributed by atoms with Gasteiger partial charge in [0.25, 0.3) is 0 Å². The molecule has 0 saturated carbocycles. The zero-order valence-corrected chi connectivity index (χ0v) is 11.1. The van der Waals surface area contributed by atoms with Gasteiger partial charge in [-0.2, -0.15) is 0 Å². The molecule has 1 atom stereocenters. The van der Waals surface area contributed by atoms with Crippen LogP contribution in [0.5, 0.6) is 0 Å². The number of hydrogen-bond donors (Lipinski definition) is 0. The maximum atomic E-state index is 5.42. The van der Waals surface area contributed by atoms with Gasteiger partial charge in [0, 0.05) is 38.2 Å². The summed E-state index contributed by atoms with van der Waals surface area (Å²) in [5, 5.41) is 0. The van der Waals surface area contributed by atoms with E-state index < -0.39 is 5.97 Å². The molecule has 0 spiro atoms. The Hall–Kier alpha value is 0.0569. The molecule has 0 radical (unpaired) electrons. The van der Waals surface area contributed by atoms with Crippen LogP contribution in [0.2, 0.25) is 6.04 Å². The summed E-state index contributed by atoms with van der Waals surface area (Å²) in [5.41, 5.74) is 0. The van der Waals surface area contributed by atoms with Crippen LogP contribution < -0.4 is 0 Å². The van der Waals surface area contributed by atoms with Crippen molar-refractivity contribution < 1.29 is 18.9 Å². The van der Waals surface area contributed by atoms with Gasteiger partial charge in [0.05, 0.1) is 0 Å². The highest BCUT2D eigenvalue weighted by Gasteiger charge is 2.40. The van der Waals surface area contributed by atoms with Gasteiger partial charge >= 0.3 is 5.97 Å². The average Bonchev–Trinajstić information content (AvgIpc) is 2.18. The third-order valence-electron chi connectivity index (χ3n) is 1.96. The first-order valence-electron chi connectivity index (χ1n) is 4.47. The lowest BCUT2D eigenvalue weighted by molar-refractivity contribution is -0.395. The molecule has 0 aromatic rings. The Morgan fingerprint density at radius 1 is 1.23 bits per heavy atom. The Bertz CT molecular complexity index is 123. The van der Waals surface area contributed by atoms with Crippen molar-refractivity contribution in [2.24, 2.45) is 0 Å². The van der Waals surface area contributed by atoms with E-state index in [1.54, 1.807) is 21.3 Å². The SMILES string of the molecule is CCOC(OC)(OC)C(C[SiH3])OC. The summed E-state index contributed by atoms with van der Waals surface area (Å²) in [5.74, 6) is -1.04. The van der Waals surface area contributed by atoms with E-state index in [0.717, 1.165) is 16.3 Å². The van der Waals surface area contributed by atoms with E-state index in [9.17, 15) is 0 Å². The van der Waals surface area contributed by atoms with E-state index in [-0.39, 0.29) is 6.10 Å². The van der Waals surface area contributed by atoms with Crippen molar-refractivity contribution in [1.29, 1.82) is 0 Å². The first-order chi connectivity index (χ1) is 6.20. The molecule has 0 aromatic carbocycles. The lowest BCUT2D eigenvalue weighted by Crippen LogP contribution is -2.49. The second-order valence-corrected chi connectivity index (χ2v) is 3.39. The lowest BCUT2D eigenvalue weighted by atomic mass is 10.3. The van der Waals surface area contributed by atoms with Crippen LogP contribution in [0.1, 0.15) is 6.92 Å². The Morgan fingerprint density at radius 3 is 2.00 bits per heavy atom. The Balaban J connectivity index is 4.50. The fourth-order valence-corrected chi connectivity index (χ4v) is 2.15. The van der Waals surface area contributed by atoms with Crippen molar-refractivity contribution >= 4 is 10.2 Å². The number of methoxy groups -OCH3 is 3. The van der Waals surface area contributed by atoms with Crippen LogP contribution >= 0.6 is 0 Å². The van der Waals surface area contributed by atoms with Crippen LogP contribution in [-0.2, 0) is 18.9 Å². The second kappa shape index (κ2) is 6.50. The van der Waals surface area contributed by atoms with E-state index in [4.69, 9.17) is 18.9 Å². The molecule has 80 valence electrons. The Labute approximate surface area is 82.9 Å². The fourth-order valence-electron chi connectivity index (χ4n) is 1.32. The smallest absolute Gasteiger partial charge is 0.309 e. The van der Waals surface area contributed by atoms with Gasteiger partial charge in [-0.1, -0.05) is 0 Å². The van der Waals surface area contributed by atoms with Crippen molar-refractivity contribution in [1.82, 2.24) is 0 Å². The third-order valence-corrected chi connectivity index (χ3v) is 2.71. The van der Waals surface area contributed by atoms with E-state index in [1.807, 2.05) is 6.92 Å². The minimum Gasteiger partial charge on any atom is -0.373 e. The van der Waals surface area contributed by atoms with Crippen LogP contribution in [-0.4, -0.2) is 50.3 Å². The molecule has 0 bridgehead atoms. The summed E-state index contributed by atoms with van der Waals surface area (Å²) < 4.78 is 21.1. The van der Waals surface area contributed by atoms with Gasteiger partial charge in [-0.15, -0.1) is 0 Å². The summed E-state index contributed by atoms with van der Waals surface area (Å²) in [6.45, 7) is 2.43. The number of rotatable bonds is 7. The van der Waals surface area contributed by atoms with E-state index in [2.05, 4.69) is 0 Å². The van der Waals surface area contributed by atoms with Crippen LogP contribution in [0.3, 0.4) is 0 Å². The Kier molecular flexibility index (Phi) is 6.53. The summed E-state index contributed by atoms with van der Waals surface area (Å²) in [6, 6.07) is 0.901. The minimum absolute atomic E-state index is 0.158. The van der Waals surface area contributed by atoms with Crippen molar-refractivity contribution in [2.45, 2.75) is 25.0 Å². The summed E-state index contributed by atoms with van der Waals surface area (Å²) in [4.78, 5) is 0. The van der Waals surface area contributed by atoms with Crippen LogP contribution in [0, 0.1) is 0 Å². The molecule has 0 aromatic heterocycles. The highest BCUT2D eigenvalue weighted by molar-refractivity contribution is 6.08. The summed E-state index contributed by atoms with van der Waals surface area (Å²) in [7, 11) is 5.76. The number of hydrogen-bond acceptors (Lipinski definition) is 4. The second-order valence-electron chi connectivity index (χ2n) is 2.58. The largest absolute Gasteiger partial charge is 0.373 e. The molecule has 1 unspecified atom stereocenters. The first kappa shape index (κ1) is 13.1. The molecule has 0 aliphatic heterocycles. The predicted molar refractivity (Wildman–Crippen MR) is 53.9 cm³/mol. The Morgan fingerprint density at radius 2 is 1.77 bits per heavy atom. The predicted octanol–water partition coefficient (Wildman–Crippen LogP) is -0.232. The molecule has 0 amide bonds. The number of ether oxygens (including phenoxy) is 4. The lowest BCUT2D eigenvalue weighted by Gasteiger charge is -2.35. The fraction of sp³-hybridized carbons (Fsp3) is 1.00. The molecule has 13 heavy (non-hydrogen) atoms. The molecule has 0 aliphatic rings. The van der Waals surface area contributed by atoms with Crippen LogP contribution in [0.15, 0.2) is 0 Å². The van der Waals surface area contributed by atoms with Gasteiger partial charge in [-0.3, -0.25) is 0 Å². The maximum absolute atomic E-state index is 5.42. The quantitative estimate of drug-likeness (QED) is 0.428. The minimum atomic E-state index is -1.04. The topological polar surface area (TPSA) is 36.9 Å². The highest BCUT2D eigenvalue weighted by atomic mass is 28.1. The van der Waals surface area contributed by atoms with Crippen LogP contribution in [0.25, 0.3) is 0 Å². The van der Waals surface area contributed by atoms with Gasteiger partial charge < -0.3 is 18.9 Å². The maximum Gasteiger partial charge on any atom is 0.309 e. The molecule has 4 nitrogen and oxygen atoms in total. The van der Waals surface area contributed by atoms with Gasteiger partial charge in [0.15, 0.2) is 0 Å². The van der Waals surface area contributed by atoms with Crippen LogP contribution in [0.4, 0.5) is 0 Å². The van der Waals surface area contributed by atoms with Gasteiger partial charge in [-0.25, -0.2) is 0 Å². The molecule has 0 saturated heterocycles. The summed E-state index contributed by atoms with van der Waals surface area (Å²) >= 11 is 0. The van der Waals surface area contributed by atoms with Crippen molar-refractivity contribution in [3.8, 4) is 0 Å². The van der Waals surface area contributed by atoms with Crippen molar-refractivity contribution in [3.05, 3.63) is 0 Å². The molecule has 0 fully saturated rings. The highest BCUT2D eigenvalue weighted by Crippen LogP contribution is 2.22. The first-order valence-corrected chi connectivity index (χ1v) is 5.89. The van der Waals surface area contributed by atoms with E-state index >= 15 is 0 Å². The molecular formula is C8H20O4Si. The normalized spacial score (nSPS) is 14.8. The average molecular weight is 208 g/mol. The molecule has 0 N–H and O–H groups in total. The monoisotopic (exact) mass is 208 g/mol. The standard InChI is InChI=1S/C8H20O4Si/c1-5-12-8(10-3,11-4)7(6-13)9-2/h7H,5-6H2,1-4,13H3. The molecule has 5 heteroatoms. The van der Waals surface area contributed by atoms with Crippen molar-refractivity contribution in [2.75, 3.05) is 27.9 Å². The van der Waals surface area contributed by atoms with E-state index in [0.29, 0.717) is 6.61 Å². The third kappa shape index (κ3) is 3.03. The zero-order valence-electron chi connectivity index (χ0n) is 9.12. The van der Waals surface area contributed by atoms with Gasteiger partial charge in [-0.05, 0) is 13.0 Å². The zero-order chi connectivity index (χ0) is 10.3. The van der Waals surface area contributed by atoms with E-state index in [1.165, 1.54) is 0 Å². The van der Waals surface area contributed by atoms with Gasteiger partial charge in [0.1, 0.15) is 6.10 Å². The molecule has 0 rings (SSSR count). The van der Waals surface area contributed by atoms with Gasteiger partial charge in [0.2, 0.25) is 0 Å². The molecule has 0 aliphatic carbocycles. The molecular weight excluding hydrogens is 188 g/mol. The van der Waals surface area contributed by atoms with Crippen molar-refractivity contribution in [3.63, 3.8) is 0 Å². The molecule has 0 heterocycles.